The molecule has 0 amide bonds. The van der Waals surface area contributed by atoms with Crippen LogP contribution >= 0.6 is 0 Å². The lowest BCUT2D eigenvalue weighted by molar-refractivity contribution is 0.282. The highest BCUT2D eigenvalue weighted by Gasteiger charge is 2.09. The summed E-state index contributed by atoms with van der Waals surface area (Å²) in [5.41, 5.74) is 0. The second kappa shape index (κ2) is 5.52. The van der Waals surface area contributed by atoms with Gasteiger partial charge in [-0.2, -0.15) is 0 Å². The summed E-state index contributed by atoms with van der Waals surface area (Å²) in [6.45, 7) is 3.18. The zero-order valence-corrected chi connectivity index (χ0v) is 6.97. The summed E-state index contributed by atoms with van der Waals surface area (Å²) in [7, 11) is 0. The third kappa shape index (κ3) is 3.70. The molecule has 3 nitrogen and oxygen atoms in total. The van der Waals surface area contributed by atoms with Gasteiger partial charge < -0.3 is 15.7 Å². The highest BCUT2D eigenvalue weighted by atomic mass is 16.3. The lowest BCUT2D eigenvalue weighted by Gasteiger charge is -2.14. The predicted octanol–water partition coefficient (Wildman–Crippen LogP) is -0.290. The van der Waals surface area contributed by atoms with Crippen LogP contribution in [0.1, 0.15) is 19.3 Å². The number of aliphatic hydroxyl groups excluding tert-OH is 1. The summed E-state index contributed by atoms with van der Waals surface area (Å²) in [4.78, 5) is 0. The Kier molecular flexibility index (Phi) is 4.50. The molecule has 0 bridgehead atoms. The monoisotopic (exact) mass is 158 g/mol. The number of aliphatic hydroxyl groups is 1. The highest BCUT2D eigenvalue weighted by Crippen LogP contribution is 2.03. The standard InChI is InChI=1S/C8H18N2O/c11-6-5-10-8-3-1-2-4-9-7-8/h8-11H,1-7H2. The van der Waals surface area contributed by atoms with E-state index in [2.05, 4.69) is 10.6 Å². The first-order valence-corrected chi connectivity index (χ1v) is 4.48. The molecule has 1 unspecified atom stereocenters. The van der Waals surface area contributed by atoms with Crippen molar-refractivity contribution in [2.45, 2.75) is 25.3 Å². The second-order valence-electron chi connectivity index (χ2n) is 3.07. The van der Waals surface area contributed by atoms with Crippen LogP contribution in [0.5, 0.6) is 0 Å². The molecule has 1 rings (SSSR count). The van der Waals surface area contributed by atoms with Crippen LogP contribution in [0.2, 0.25) is 0 Å². The second-order valence-corrected chi connectivity index (χ2v) is 3.07. The maximum Gasteiger partial charge on any atom is 0.0556 e. The first-order chi connectivity index (χ1) is 5.43. The maximum absolute atomic E-state index is 8.58. The molecule has 0 aromatic carbocycles. The first kappa shape index (κ1) is 8.97. The highest BCUT2D eigenvalue weighted by molar-refractivity contribution is 4.72. The Labute approximate surface area is 68.2 Å². The molecule has 0 radical (unpaired) electrons. The van der Waals surface area contributed by atoms with Crippen LogP contribution in [-0.4, -0.2) is 37.4 Å². The predicted molar refractivity (Wildman–Crippen MR) is 45.6 cm³/mol. The largest absolute Gasteiger partial charge is 0.395 e. The molecule has 1 aliphatic heterocycles. The first-order valence-electron chi connectivity index (χ1n) is 4.48. The van der Waals surface area contributed by atoms with Crippen LogP contribution in [0, 0.1) is 0 Å². The van der Waals surface area contributed by atoms with Crippen molar-refractivity contribution >= 4 is 0 Å². The Morgan fingerprint density at radius 3 is 3.18 bits per heavy atom. The van der Waals surface area contributed by atoms with Gasteiger partial charge >= 0.3 is 0 Å². The average molecular weight is 158 g/mol. The van der Waals surface area contributed by atoms with Gasteiger partial charge in [-0.25, -0.2) is 0 Å². The van der Waals surface area contributed by atoms with Gasteiger partial charge in [-0.05, 0) is 19.4 Å². The van der Waals surface area contributed by atoms with Crippen LogP contribution in [0.4, 0.5) is 0 Å². The zero-order chi connectivity index (χ0) is 7.94. The molecule has 0 aromatic heterocycles. The Balaban J connectivity index is 2.09. The summed E-state index contributed by atoms with van der Waals surface area (Å²) in [5, 5.41) is 15.2. The van der Waals surface area contributed by atoms with Gasteiger partial charge in [-0.15, -0.1) is 0 Å². The van der Waals surface area contributed by atoms with E-state index in [1.807, 2.05) is 0 Å². The van der Waals surface area contributed by atoms with Crippen molar-refractivity contribution in [2.75, 3.05) is 26.2 Å². The molecule has 11 heavy (non-hydrogen) atoms. The van der Waals surface area contributed by atoms with Gasteiger partial charge in [0.2, 0.25) is 0 Å². The lowest BCUT2D eigenvalue weighted by atomic mass is 10.1. The lowest BCUT2D eigenvalue weighted by Crippen LogP contribution is -2.38. The SMILES string of the molecule is OCCNC1CCCCNC1. The van der Waals surface area contributed by atoms with Gasteiger partial charge in [0.15, 0.2) is 0 Å². The summed E-state index contributed by atoms with van der Waals surface area (Å²) in [5.74, 6) is 0. The van der Waals surface area contributed by atoms with Crippen LogP contribution in [0.15, 0.2) is 0 Å². The fourth-order valence-corrected chi connectivity index (χ4v) is 1.46. The van der Waals surface area contributed by atoms with E-state index in [1.165, 1.54) is 19.3 Å². The van der Waals surface area contributed by atoms with Crippen molar-refractivity contribution in [3.63, 3.8) is 0 Å². The van der Waals surface area contributed by atoms with Crippen molar-refractivity contribution in [1.82, 2.24) is 10.6 Å². The van der Waals surface area contributed by atoms with E-state index >= 15 is 0 Å². The fourth-order valence-electron chi connectivity index (χ4n) is 1.46. The Morgan fingerprint density at radius 1 is 1.45 bits per heavy atom. The van der Waals surface area contributed by atoms with Gasteiger partial charge in [0.1, 0.15) is 0 Å². The van der Waals surface area contributed by atoms with Gasteiger partial charge in [-0.1, -0.05) is 6.42 Å². The van der Waals surface area contributed by atoms with Gasteiger partial charge in [0, 0.05) is 19.1 Å². The van der Waals surface area contributed by atoms with Crippen molar-refractivity contribution < 1.29 is 5.11 Å². The molecule has 1 saturated heterocycles. The Bertz CT molecular complexity index is 90.1. The number of rotatable bonds is 3. The number of nitrogens with one attached hydrogen (secondary N) is 2. The fraction of sp³-hybridized carbons (Fsp3) is 1.00. The molecule has 66 valence electrons. The van der Waals surface area contributed by atoms with Crippen LogP contribution in [0.25, 0.3) is 0 Å². The zero-order valence-electron chi connectivity index (χ0n) is 6.97. The van der Waals surface area contributed by atoms with Gasteiger partial charge in [0.25, 0.3) is 0 Å². The molecule has 3 heteroatoms. The minimum Gasteiger partial charge on any atom is -0.395 e. The quantitative estimate of drug-likeness (QED) is 0.529. The molecular formula is C8H18N2O. The van der Waals surface area contributed by atoms with Crippen molar-refractivity contribution in [3.05, 3.63) is 0 Å². The van der Waals surface area contributed by atoms with E-state index < -0.39 is 0 Å². The summed E-state index contributed by atoms with van der Waals surface area (Å²) >= 11 is 0. The summed E-state index contributed by atoms with van der Waals surface area (Å²) in [6, 6.07) is 0.574. The minimum atomic E-state index is 0.247. The van der Waals surface area contributed by atoms with Crippen LogP contribution < -0.4 is 10.6 Å². The van der Waals surface area contributed by atoms with Crippen molar-refractivity contribution in [3.8, 4) is 0 Å². The number of hydrogen-bond acceptors (Lipinski definition) is 3. The van der Waals surface area contributed by atoms with E-state index in [0.717, 1.165) is 19.6 Å². The molecule has 0 spiro atoms. The van der Waals surface area contributed by atoms with Crippen LogP contribution in [-0.2, 0) is 0 Å². The molecular weight excluding hydrogens is 140 g/mol. The molecule has 0 saturated carbocycles. The summed E-state index contributed by atoms with van der Waals surface area (Å²) < 4.78 is 0. The normalized spacial score (nSPS) is 26.5. The van der Waals surface area contributed by atoms with Gasteiger partial charge in [0.05, 0.1) is 6.61 Å². The van der Waals surface area contributed by atoms with E-state index in [-0.39, 0.29) is 6.61 Å². The van der Waals surface area contributed by atoms with E-state index in [0.29, 0.717) is 6.04 Å². The molecule has 0 aliphatic carbocycles. The molecule has 1 heterocycles. The van der Waals surface area contributed by atoms with E-state index in [4.69, 9.17) is 5.11 Å². The molecule has 0 aromatic rings. The number of hydrogen-bond donors (Lipinski definition) is 3. The third-order valence-corrected chi connectivity index (χ3v) is 2.09. The van der Waals surface area contributed by atoms with Crippen molar-refractivity contribution in [2.24, 2.45) is 0 Å². The topological polar surface area (TPSA) is 44.3 Å². The summed E-state index contributed by atoms with van der Waals surface area (Å²) in [6.07, 6.45) is 3.83. The maximum atomic E-state index is 8.58. The van der Waals surface area contributed by atoms with Gasteiger partial charge in [-0.3, -0.25) is 0 Å². The molecule has 1 aliphatic rings. The van der Waals surface area contributed by atoms with Crippen LogP contribution in [0.3, 0.4) is 0 Å². The molecule has 1 fully saturated rings. The Hall–Kier alpha value is -0.120. The van der Waals surface area contributed by atoms with E-state index in [9.17, 15) is 0 Å². The third-order valence-electron chi connectivity index (χ3n) is 2.09. The molecule has 3 N–H and O–H groups in total. The Morgan fingerprint density at radius 2 is 2.36 bits per heavy atom. The minimum absolute atomic E-state index is 0.247. The van der Waals surface area contributed by atoms with Crippen molar-refractivity contribution in [1.29, 1.82) is 0 Å². The van der Waals surface area contributed by atoms with E-state index in [1.54, 1.807) is 0 Å². The smallest absolute Gasteiger partial charge is 0.0556 e. The molecule has 1 atom stereocenters. The average Bonchev–Trinajstić information content (AvgIpc) is 2.28.